The Labute approximate surface area is 120 Å². The summed E-state index contributed by atoms with van der Waals surface area (Å²) in [6.07, 6.45) is 2.96. The molecule has 2 aromatic rings. The second kappa shape index (κ2) is 5.24. The molecular weight excluding hydrogens is 274 g/mol. The van der Waals surface area contributed by atoms with E-state index < -0.39 is 0 Å². The van der Waals surface area contributed by atoms with E-state index >= 15 is 0 Å². The fourth-order valence-electron chi connectivity index (χ4n) is 2.13. The number of aromatic amines is 1. The van der Waals surface area contributed by atoms with Gasteiger partial charge in [0.1, 0.15) is 0 Å². The van der Waals surface area contributed by atoms with Crippen molar-refractivity contribution in [3.05, 3.63) is 27.5 Å². The number of hydrogen-bond acceptors (Lipinski definition) is 5. The number of thiazole rings is 1. The number of amides is 1. The molecule has 106 valence electrons. The highest BCUT2D eigenvalue weighted by Crippen LogP contribution is 2.42. The molecule has 1 aliphatic carbocycles. The number of hydrogen-bond donors (Lipinski definition) is 3. The van der Waals surface area contributed by atoms with Crippen LogP contribution in [-0.2, 0) is 6.42 Å². The highest BCUT2D eigenvalue weighted by atomic mass is 32.1. The normalized spacial score (nSPS) is 14.4. The van der Waals surface area contributed by atoms with Gasteiger partial charge in [-0.2, -0.15) is 5.10 Å². The molecule has 0 unspecified atom stereocenters. The highest BCUT2D eigenvalue weighted by Gasteiger charge is 2.30. The molecule has 4 N–H and O–H groups in total. The van der Waals surface area contributed by atoms with Crippen molar-refractivity contribution in [2.24, 2.45) is 0 Å². The second-order valence-electron chi connectivity index (χ2n) is 5.04. The first-order valence-electron chi connectivity index (χ1n) is 6.68. The van der Waals surface area contributed by atoms with Gasteiger partial charge in [-0.3, -0.25) is 9.89 Å². The maximum Gasteiger partial charge on any atom is 0.273 e. The lowest BCUT2D eigenvalue weighted by Gasteiger charge is -2.02. The summed E-state index contributed by atoms with van der Waals surface area (Å²) in [6.45, 7) is 2.50. The quantitative estimate of drug-likeness (QED) is 0.779. The first-order valence-corrected chi connectivity index (χ1v) is 7.56. The first kappa shape index (κ1) is 13.1. The van der Waals surface area contributed by atoms with E-state index in [4.69, 9.17) is 5.73 Å². The van der Waals surface area contributed by atoms with Gasteiger partial charge < -0.3 is 11.1 Å². The number of nitrogens with zero attached hydrogens (tertiary/aromatic N) is 2. The van der Waals surface area contributed by atoms with Crippen molar-refractivity contribution in [3.8, 4) is 0 Å². The Balaban J connectivity index is 1.56. The van der Waals surface area contributed by atoms with Gasteiger partial charge in [0, 0.05) is 24.3 Å². The molecule has 3 rings (SSSR count). The van der Waals surface area contributed by atoms with Crippen molar-refractivity contribution in [1.29, 1.82) is 0 Å². The van der Waals surface area contributed by atoms with Crippen LogP contribution in [0.15, 0.2) is 5.38 Å². The fourth-order valence-corrected chi connectivity index (χ4v) is 2.78. The SMILES string of the molecule is Cc1nc(CCNC(=O)c2n[nH]c(C3CC3)c2N)cs1. The topological polar surface area (TPSA) is 96.7 Å². The molecule has 1 aliphatic rings. The summed E-state index contributed by atoms with van der Waals surface area (Å²) in [5.41, 5.74) is 8.68. The molecule has 0 aromatic carbocycles. The van der Waals surface area contributed by atoms with Crippen LogP contribution < -0.4 is 11.1 Å². The third kappa shape index (κ3) is 2.67. The Morgan fingerprint density at radius 3 is 3.05 bits per heavy atom. The number of aryl methyl sites for hydroxylation is 1. The third-order valence-corrected chi connectivity index (χ3v) is 4.19. The van der Waals surface area contributed by atoms with Crippen molar-refractivity contribution in [2.45, 2.75) is 32.1 Å². The standard InChI is InChI=1S/C13H17N5OS/c1-7-16-9(6-20-7)4-5-15-13(19)12-10(14)11(17-18-12)8-2-3-8/h6,8H,2-5,14H2,1H3,(H,15,19)(H,17,18). The zero-order chi connectivity index (χ0) is 14.1. The van der Waals surface area contributed by atoms with Gasteiger partial charge in [0.05, 0.1) is 22.1 Å². The summed E-state index contributed by atoms with van der Waals surface area (Å²) in [4.78, 5) is 16.4. The summed E-state index contributed by atoms with van der Waals surface area (Å²) >= 11 is 1.61. The molecule has 0 atom stereocenters. The van der Waals surface area contributed by atoms with Gasteiger partial charge >= 0.3 is 0 Å². The lowest BCUT2D eigenvalue weighted by Crippen LogP contribution is -2.26. The predicted molar refractivity (Wildman–Crippen MR) is 77.9 cm³/mol. The Kier molecular flexibility index (Phi) is 3.43. The van der Waals surface area contributed by atoms with E-state index in [-0.39, 0.29) is 5.91 Å². The predicted octanol–water partition coefficient (Wildman–Crippen LogP) is 1.61. The van der Waals surface area contributed by atoms with E-state index in [1.54, 1.807) is 11.3 Å². The van der Waals surface area contributed by atoms with Gasteiger partial charge in [0.25, 0.3) is 5.91 Å². The molecule has 2 aromatic heterocycles. The Bertz CT molecular complexity index is 628. The van der Waals surface area contributed by atoms with Gasteiger partial charge in [-0.05, 0) is 19.8 Å². The van der Waals surface area contributed by atoms with Crippen molar-refractivity contribution < 1.29 is 4.79 Å². The summed E-state index contributed by atoms with van der Waals surface area (Å²) in [7, 11) is 0. The lowest BCUT2D eigenvalue weighted by molar-refractivity contribution is 0.0950. The van der Waals surface area contributed by atoms with Gasteiger partial charge in [-0.15, -0.1) is 11.3 Å². The zero-order valence-corrected chi connectivity index (χ0v) is 12.1. The monoisotopic (exact) mass is 291 g/mol. The lowest BCUT2D eigenvalue weighted by atomic mass is 10.2. The zero-order valence-electron chi connectivity index (χ0n) is 11.3. The van der Waals surface area contributed by atoms with Gasteiger partial charge in [0.15, 0.2) is 5.69 Å². The summed E-state index contributed by atoms with van der Waals surface area (Å²) in [5, 5.41) is 12.8. The largest absolute Gasteiger partial charge is 0.395 e. The Morgan fingerprint density at radius 1 is 1.60 bits per heavy atom. The number of carbonyl (C=O) groups excluding carboxylic acids is 1. The summed E-state index contributed by atoms with van der Waals surface area (Å²) < 4.78 is 0. The van der Waals surface area contributed by atoms with Crippen molar-refractivity contribution in [2.75, 3.05) is 12.3 Å². The van der Waals surface area contributed by atoms with Gasteiger partial charge in [0.2, 0.25) is 0 Å². The van der Waals surface area contributed by atoms with Gasteiger partial charge in [-0.25, -0.2) is 4.98 Å². The Morgan fingerprint density at radius 2 is 2.40 bits per heavy atom. The molecule has 0 saturated heterocycles. The maximum absolute atomic E-state index is 12.0. The van der Waals surface area contributed by atoms with Crippen LogP contribution in [0.2, 0.25) is 0 Å². The van der Waals surface area contributed by atoms with Crippen LogP contribution in [0.3, 0.4) is 0 Å². The second-order valence-corrected chi connectivity index (χ2v) is 6.10. The number of aromatic nitrogens is 3. The van der Waals surface area contributed by atoms with E-state index in [2.05, 4.69) is 20.5 Å². The average molecular weight is 291 g/mol. The van der Waals surface area contributed by atoms with Crippen molar-refractivity contribution in [1.82, 2.24) is 20.5 Å². The minimum absolute atomic E-state index is 0.224. The molecular formula is C13H17N5OS. The third-order valence-electron chi connectivity index (χ3n) is 3.37. The van der Waals surface area contributed by atoms with Crippen LogP contribution in [0, 0.1) is 6.92 Å². The number of nitrogens with two attached hydrogens (primary N) is 1. The minimum Gasteiger partial charge on any atom is -0.395 e. The number of rotatable bonds is 5. The van der Waals surface area contributed by atoms with Crippen LogP contribution >= 0.6 is 11.3 Å². The molecule has 0 bridgehead atoms. The Hall–Kier alpha value is -1.89. The van der Waals surface area contributed by atoms with E-state index in [9.17, 15) is 4.79 Å². The molecule has 2 heterocycles. The van der Waals surface area contributed by atoms with Crippen molar-refractivity contribution in [3.63, 3.8) is 0 Å². The van der Waals surface area contributed by atoms with Crippen LogP contribution in [0.5, 0.6) is 0 Å². The number of nitrogens with one attached hydrogen (secondary N) is 2. The molecule has 1 amide bonds. The molecule has 7 heteroatoms. The summed E-state index contributed by atoms with van der Waals surface area (Å²) in [6, 6.07) is 0. The van der Waals surface area contributed by atoms with Crippen LogP contribution in [0.25, 0.3) is 0 Å². The molecule has 1 saturated carbocycles. The van der Waals surface area contributed by atoms with Crippen LogP contribution in [-0.4, -0.2) is 27.6 Å². The van der Waals surface area contributed by atoms with E-state index in [1.165, 1.54) is 0 Å². The molecule has 20 heavy (non-hydrogen) atoms. The molecule has 6 nitrogen and oxygen atoms in total. The van der Waals surface area contributed by atoms with Gasteiger partial charge in [-0.1, -0.05) is 0 Å². The number of H-pyrrole nitrogens is 1. The summed E-state index contributed by atoms with van der Waals surface area (Å²) in [5.74, 6) is 0.236. The minimum atomic E-state index is -0.224. The fraction of sp³-hybridized carbons (Fsp3) is 0.462. The highest BCUT2D eigenvalue weighted by molar-refractivity contribution is 7.09. The molecule has 1 fully saturated rings. The molecule has 0 spiro atoms. The van der Waals surface area contributed by atoms with E-state index in [1.807, 2.05) is 12.3 Å². The molecule has 0 radical (unpaired) electrons. The average Bonchev–Trinajstić information content (AvgIpc) is 3.07. The maximum atomic E-state index is 12.0. The van der Waals surface area contributed by atoms with E-state index in [0.717, 1.165) is 35.7 Å². The van der Waals surface area contributed by atoms with Crippen molar-refractivity contribution >= 4 is 22.9 Å². The first-order chi connectivity index (χ1) is 9.65. The van der Waals surface area contributed by atoms with Crippen LogP contribution in [0.4, 0.5) is 5.69 Å². The van der Waals surface area contributed by atoms with E-state index in [0.29, 0.717) is 23.8 Å². The molecule has 0 aliphatic heterocycles. The number of nitrogen functional groups attached to an aromatic ring is 1. The smallest absolute Gasteiger partial charge is 0.273 e. The van der Waals surface area contributed by atoms with Crippen LogP contribution in [0.1, 0.15) is 45.6 Å². The number of carbonyl (C=O) groups is 1. The number of anilines is 1.